The van der Waals surface area contributed by atoms with Crippen molar-refractivity contribution in [3.8, 4) is 0 Å². The molecule has 1 aliphatic carbocycles. The third-order valence-electron chi connectivity index (χ3n) is 5.94. The minimum Gasteiger partial charge on any atom is -0.347 e. The number of carbonyl (C=O) groups is 1. The van der Waals surface area contributed by atoms with Crippen molar-refractivity contribution in [1.82, 2.24) is 4.57 Å². The Labute approximate surface area is 132 Å². The Morgan fingerprint density at radius 1 is 1.18 bits per heavy atom. The molecule has 1 fully saturated rings. The molecule has 0 atom stereocenters. The van der Waals surface area contributed by atoms with E-state index in [1.165, 1.54) is 0 Å². The summed E-state index contributed by atoms with van der Waals surface area (Å²) in [6.07, 6.45) is 2.96. The number of nitrogens with zero attached hydrogens (tertiary/aromatic N) is 1. The monoisotopic (exact) mass is 298 g/mol. The van der Waals surface area contributed by atoms with Crippen LogP contribution in [0.1, 0.15) is 44.5 Å². The van der Waals surface area contributed by atoms with Gasteiger partial charge in [-0.1, -0.05) is 45.9 Å². The van der Waals surface area contributed by atoms with Crippen molar-refractivity contribution in [2.45, 2.75) is 40.7 Å². The van der Waals surface area contributed by atoms with Crippen LogP contribution in [0, 0.1) is 16.7 Å². The normalized spacial score (nSPS) is 19.5. The molecule has 1 heterocycles. The maximum atomic E-state index is 13.1. The Hall–Kier alpha value is -1.61. The molecule has 1 aromatic heterocycles. The molecule has 0 radical (unpaired) electrons. The molecule has 2 aromatic rings. The van der Waals surface area contributed by atoms with Gasteiger partial charge in [0.25, 0.3) is 0 Å². The van der Waals surface area contributed by atoms with Crippen LogP contribution in [0.25, 0.3) is 10.9 Å². The molecular formula is C19H26N2O. The number of aryl methyl sites for hydroxylation is 1. The molecule has 2 N–H and O–H groups in total. The lowest BCUT2D eigenvalue weighted by Gasteiger charge is -2.03. The summed E-state index contributed by atoms with van der Waals surface area (Å²) in [6, 6.07) is 8.19. The van der Waals surface area contributed by atoms with Gasteiger partial charge in [-0.3, -0.25) is 4.79 Å². The fraction of sp³-hybridized carbons (Fsp3) is 0.526. The van der Waals surface area contributed by atoms with Crippen molar-refractivity contribution in [3.05, 3.63) is 36.0 Å². The van der Waals surface area contributed by atoms with Gasteiger partial charge in [-0.25, -0.2) is 0 Å². The van der Waals surface area contributed by atoms with Crippen molar-refractivity contribution in [2.75, 3.05) is 6.54 Å². The van der Waals surface area contributed by atoms with E-state index in [1.807, 2.05) is 18.3 Å². The van der Waals surface area contributed by atoms with Crippen LogP contribution in [0.4, 0.5) is 0 Å². The summed E-state index contributed by atoms with van der Waals surface area (Å²) in [5.74, 6) is 0.395. The first-order valence-corrected chi connectivity index (χ1v) is 8.14. The highest BCUT2D eigenvalue weighted by Crippen LogP contribution is 2.69. The van der Waals surface area contributed by atoms with Gasteiger partial charge >= 0.3 is 0 Å². The number of hydrogen-bond acceptors (Lipinski definition) is 2. The number of nitrogens with two attached hydrogens (primary N) is 1. The van der Waals surface area contributed by atoms with Crippen LogP contribution < -0.4 is 5.73 Å². The van der Waals surface area contributed by atoms with E-state index < -0.39 is 0 Å². The van der Waals surface area contributed by atoms with Crippen LogP contribution in [0.2, 0.25) is 0 Å². The Kier molecular flexibility index (Phi) is 3.44. The van der Waals surface area contributed by atoms with Gasteiger partial charge in [0, 0.05) is 35.1 Å². The molecule has 22 heavy (non-hydrogen) atoms. The Morgan fingerprint density at radius 2 is 1.82 bits per heavy atom. The van der Waals surface area contributed by atoms with E-state index in [2.05, 4.69) is 44.4 Å². The number of carbonyl (C=O) groups excluding carboxylic acids is 1. The molecule has 3 heteroatoms. The summed E-state index contributed by atoms with van der Waals surface area (Å²) in [4.78, 5) is 13.1. The molecule has 1 aliphatic rings. The van der Waals surface area contributed by atoms with Crippen LogP contribution >= 0.6 is 0 Å². The highest BCUT2D eigenvalue weighted by Gasteiger charge is 2.68. The first-order chi connectivity index (χ1) is 10.3. The molecule has 118 valence electrons. The largest absolute Gasteiger partial charge is 0.347 e. The molecular weight excluding hydrogens is 272 g/mol. The van der Waals surface area contributed by atoms with Crippen LogP contribution in [0.15, 0.2) is 30.5 Å². The number of para-hydroxylation sites is 1. The number of aromatic nitrogens is 1. The quantitative estimate of drug-likeness (QED) is 0.852. The number of Topliss-reactive ketones (excluding diaryl/α,β-unsaturated/α-hetero) is 1. The van der Waals surface area contributed by atoms with Crippen LogP contribution in [0.3, 0.4) is 0 Å². The van der Waals surface area contributed by atoms with Gasteiger partial charge in [0.2, 0.25) is 0 Å². The summed E-state index contributed by atoms with van der Waals surface area (Å²) in [5.41, 5.74) is 7.79. The van der Waals surface area contributed by atoms with E-state index >= 15 is 0 Å². The summed E-state index contributed by atoms with van der Waals surface area (Å²) in [7, 11) is 0. The van der Waals surface area contributed by atoms with Gasteiger partial charge in [0.1, 0.15) is 0 Å². The first kappa shape index (κ1) is 15.3. The lowest BCUT2D eigenvalue weighted by atomic mass is 10.0. The van der Waals surface area contributed by atoms with Crippen LogP contribution in [-0.4, -0.2) is 16.9 Å². The zero-order chi connectivity index (χ0) is 16.1. The smallest absolute Gasteiger partial charge is 0.169 e. The highest BCUT2D eigenvalue weighted by atomic mass is 16.1. The molecule has 0 unspecified atom stereocenters. The van der Waals surface area contributed by atoms with E-state index in [-0.39, 0.29) is 22.5 Å². The van der Waals surface area contributed by atoms with E-state index in [0.29, 0.717) is 6.54 Å². The van der Waals surface area contributed by atoms with Crippen molar-refractivity contribution in [1.29, 1.82) is 0 Å². The fourth-order valence-corrected chi connectivity index (χ4v) is 3.90. The van der Waals surface area contributed by atoms with Gasteiger partial charge in [-0.15, -0.1) is 0 Å². The topological polar surface area (TPSA) is 48.0 Å². The highest BCUT2D eigenvalue weighted by molar-refractivity contribution is 6.11. The summed E-state index contributed by atoms with van der Waals surface area (Å²) < 4.78 is 2.18. The zero-order valence-electron chi connectivity index (χ0n) is 14.0. The van der Waals surface area contributed by atoms with Gasteiger partial charge in [0.05, 0.1) is 0 Å². The van der Waals surface area contributed by atoms with Gasteiger partial charge < -0.3 is 10.3 Å². The average Bonchev–Trinajstić information content (AvgIpc) is 2.77. The molecule has 0 spiro atoms. The zero-order valence-corrected chi connectivity index (χ0v) is 14.0. The second-order valence-corrected chi connectivity index (χ2v) is 7.64. The van der Waals surface area contributed by atoms with Gasteiger partial charge in [0.15, 0.2) is 5.78 Å². The third kappa shape index (κ3) is 2.03. The van der Waals surface area contributed by atoms with Crippen molar-refractivity contribution < 1.29 is 4.79 Å². The number of ketones is 1. The second kappa shape index (κ2) is 4.95. The van der Waals surface area contributed by atoms with Crippen molar-refractivity contribution in [2.24, 2.45) is 22.5 Å². The van der Waals surface area contributed by atoms with E-state index in [4.69, 9.17) is 5.73 Å². The summed E-state index contributed by atoms with van der Waals surface area (Å²) >= 11 is 0. The first-order valence-electron chi connectivity index (χ1n) is 8.14. The summed E-state index contributed by atoms with van der Waals surface area (Å²) in [5, 5.41) is 1.07. The number of hydrogen-bond donors (Lipinski definition) is 1. The molecule has 0 bridgehead atoms. The van der Waals surface area contributed by atoms with Gasteiger partial charge in [-0.05, 0) is 29.9 Å². The maximum Gasteiger partial charge on any atom is 0.169 e. The molecule has 0 amide bonds. The number of fused-ring (bicyclic) bond motifs is 1. The second-order valence-electron chi connectivity index (χ2n) is 7.64. The molecule has 1 aromatic carbocycles. The maximum absolute atomic E-state index is 13.1. The Morgan fingerprint density at radius 3 is 2.41 bits per heavy atom. The predicted molar refractivity (Wildman–Crippen MR) is 91.0 cm³/mol. The Balaban J connectivity index is 2.03. The lowest BCUT2D eigenvalue weighted by molar-refractivity contribution is 0.0946. The summed E-state index contributed by atoms with van der Waals surface area (Å²) in [6.45, 7) is 10.3. The SMILES string of the molecule is CC1(C)C(C(=O)c2cn(CCCN)c3ccccc23)C1(C)C. The number of rotatable bonds is 5. The third-order valence-corrected chi connectivity index (χ3v) is 5.94. The van der Waals surface area contributed by atoms with Crippen LogP contribution in [0.5, 0.6) is 0 Å². The van der Waals surface area contributed by atoms with Crippen LogP contribution in [-0.2, 0) is 6.54 Å². The van der Waals surface area contributed by atoms with Gasteiger partial charge in [-0.2, -0.15) is 0 Å². The van der Waals surface area contributed by atoms with E-state index in [0.717, 1.165) is 29.4 Å². The predicted octanol–water partition coefficient (Wildman–Crippen LogP) is 3.86. The van der Waals surface area contributed by atoms with Crippen molar-refractivity contribution >= 4 is 16.7 Å². The molecule has 0 aliphatic heterocycles. The lowest BCUT2D eigenvalue weighted by Crippen LogP contribution is -2.07. The molecule has 3 rings (SSSR count). The average molecular weight is 298 g/mol. The minimum atomic E-state index is 0.0740. The minimum absolute atomic E-state index is 0.0740. The molecule has 0 saturated heterocycles. The van der Waals surface area contributed by atoms with E-state index in [1.54, 1.807) is 0 Å². The molecule has 3 nitrogen and oxygen atoms in total. The standard InChI is InChI=1S/C19H26N2O/c1-18(2)17(19(18,3)4)16(22)14-12-21(11-7-10-20)15-9-6-5-8-13(14)15/h5-6,8-9,12,17H,7,10-11,20H2,1-4H3. The van der Waals surface area contributed by atoms with Crippen molar-refractivity contribution in [3.63, 3.8) is 0 Å². The molecule has 1 saturated carbocycles. The Bertz CT molecular complexity index is 710. The van der Waals surface area contributed by atoms with E-state index in [9.17, 15) is 4.79 Å². The number of benzene rings is 1. The fourth-order valence-electron chi connectivity index (χ4n) is 3.90.